The van der Waals surface area contributed by atoms with Crippen LogP contribution in [0.4, 0.5) is 18.9 Å². The summed E-state index contributed by atoms with van der Waals surface area (Å²) >= 11 is 5.78. The second-order valence-corrected chi connectivity index (χ2v) is 6.47. The average Bonchev–Trinajstić information content (AvgIpc) is 2.71. The number of hydrogen-bond donors (Lipinski definition) is 3. The molecule has 12 heteroatoms. The van der Waals surface area contributed by atoms with Gasteiger partial charge in [0.05, 0.1) is 22.0 Å². The zero-order valence-electron chi connectivity index (χ0n) is 15.9. The van der Waals surface area contributed by atoms with E-state index in [0.717, 1.165) is 12.1 Å². The Morgan fingerprint density at radius 3 is 2.32 bits per heavy atom. The molecular weight excluding hydrogens is 441 g/mol. The van der Waals surface area contributed by atoms with E-state index in [1.165, 1.54) is 0 Å². The third-order valence-electron chi connectivity index (χ3n) is 3.73. The molecular formula is C19H16ClF3N4O4. The van der Waals surface area contributed by atoms with Crippen LogP contribution in [0.1, 0.15) is 18.1 Å². The van der Waals surface area contributed by atoms with Crippen LogP contribution in [0.3, 0.4) is 0 Å². The minimum absolute atomic E-state index is 0.174. The van der Waals surface area contributed by atoms with Gasteiger partial charge in [-0.1, -0.05) is 11.6 Å². The second-order valence-electron chi connectivity index (χ2n) is 6.06. The lowest BCUT2D eigenvalue weighted by atomic mass is 10.1. The van der Waals surface area contributed by atoms with E-state index in [1.807, 2.05) is 10.7 Å². The number of amides is 3. The zero-order chi connectivity index (χ0) is 23.2. The first-order valence-corrected chi connectivity index (χ1v) is 8.89. The maximum atomic E-state index is 12.8. The number of halogens is 4. The van der Waals surface area contributed by atoms with E-state index in [0.29, 0.717) is 23.1 Å². The van der Waals surface area contributed by atoms with Crippen LogP contribution in [0.5, 0.6) is 5.75 Å². The van der Waals surface area contributed by atoms with Crippen molar-refractivity contribution in [3.05, 3.63) is 58.6 Å². The minimum Gasteiger partial charge on any atom is -0.484 e. The van der Waals surface area contributed by atoms with Gasteiger partial charge in [0.2, 0.25) is 0 Å². The summed E-state index contributed by atoms with van der Waals surface area (Å²) in [7, 11) is 0. The SMILES string of the molecule is CC(=NNC(=O)C(=O)Nc1cc(C(F)(F)F)ccc1Cl)c1ccc(OCC(N)=O)cc1. The summed E-state index contributed by atoms with van der Waals surface area (Å²) in [5.74, 6) is -2.71. The Labute approximate surface area is 179 Å². The summed E-state index contributed by atoms with van der Waals surface area (Å²) < 4.78 is 43.5. The lowest BCUT2D eigenvalue weighted by Gasteiger charge is -2.11. The smallest absolute Gasteiger partial charge is 0.416 e. The monoisotopic (exact) mass is 456 g/mol. The molecule has 4 N–H and O–H groups in total. The molecule has 164 valence electrons. The standard InChI is InChI=1S/C19H16ClF3N4O4/c1-10(11-2-5-13(6-3-11)31-9-16(24)28)26-27-18(30)17(29)25-15-8-12(19(21,22)23)4-7-14(15)20/h2-8H,9H2,1H3,(H2,24,28)(H,25,29)(H,27,30). The Morgan fingerprint density at radius 2 is 1.74 bits per heavy atom. The van der Waals surface area contributed by atoms with Gasteiger partial charge < -0.3 is 15.8 Å². The quantitative estimate of drug-likeness (QED) is 0.351. The third kappa shape index (κ3) is 7.00. The molecule has 0 aromatic heterocycles. The number of nitrogens with zero attached hydrogens (tertiary/aromatic N) is 1. The number of rotatable bonds is 6. The summed E-state index contributed by atoms with van der Waals surface area (Å²) in [4.78, 5) is 34.6. The molecule has 0 unspecified atom stereocenters. The van der Waals surface area contributed by atoms with E-state index < -0.39 is 29.5 Å². The molecule has 31 heavy (non-hydrogen) atoms. The van der Waals surface area contributed by atoms with E-state index in [9.17, 15) is 27.6 Å². The molecule has 0 radical (unpaired) electrons. The number of benzene rings is 2. The molecule has 0 aliphatic rings. The molecule has 0 fully saturated rings. The normalized spacial score (nSPS) is 11.6. The molecule has 0 atom stereocenters. The van der Waals surface area contributed by atoms with Crippen LogP contribution in [-0.2, 0) is 20.6 Å². The molecule has 8 nitrogen and oxygen atoms in total. The fraction of sp³-hybridized carbons (Fsp3) is 0.158. The molecule has 0 heterocycles. The van der Waals surface area contributed by atoms with Crippen LogP contribution >= 0.6 is 11.6 Å². The summed E-state index contributed by atoms with van der Waals surface area (Å²) in [6, 6.07) is 8.58. The topological polar surface area (TPSA) is 123 Å². The van der Waals surface area contributed by atoms with Crippen LogP contribution in [0.25, 0.3) is 0 Å². The Morgan fingerprint density at radius 1 is 1.10 bits per heavy atom. The average molecular weight is 457 g/mol. The molecule has 0 spiro atoms. The fourth-order valence-electron chi connectivity index (χ4n) is 2.17. The van der Waals surface area contributed by atoms with E-state index in [4.69, 9.17) is 22.1 Å². The Balaban J connectivity index is 2.00. The first-order valence-electron chi connectivity index (χ1n) is 8.51. The van der Waals surface area contributed by atoms with Crippen LogP contribution < -0.4 is 21.2 Å². The van der Waals surface area contributed by atoms with Crippen LogP contribution in [0.2, 0.25) is 5.02 Å². The molecule has 0 aliphatic carbocycles. The minimum atomic E-state index is -4.64. The fourth-order valence-corrected chi connectivity index (χ4v) is 2.34. The van der Waals surface area contributed by atoms with E-state index in [2.05, 4.69) is 5.10 Å². The molecule has 0 aliphatic heterocycles. The van der Waals surface area contributed by atoms with Crippen molar-refractivity contribution in [3.63, 3.8) is 0 Å². The van der Waals surface area contributed by atoms with Crippen molar-refractivity contribution >= 4 is 40.7 Å². The van der Waals surface area contributed by atoms with Gasteiger partial charge in [0.25, 0.3) is 5.91 Å². The van der Waals surface area contributed by atoms with Gasteiger partial charge in [0, 0.05) is 0 Å². The first kappa shape index (κ1) is 23.7. The van der Waals surface area contributed by atoms with Crippen molar-refractivity contribution in [3.8, 4) is 5.75 Å². The number of hydrogen-bond acceptors (Lipinski definition) is 5. The third-order valence-corrected chi connectivity index (χ3v) is 4.06. The first-order chi connectivity index (χ1) is 14.5. The number of alkyl halides is 3. The number of hydrazone groups is 1. The maximum Gasteiger partial charge on any atom is 0.416 e. The number of nitrogens with two attached hydrogens (primary N) is 1. The maximum absolute atomic E-state index is 12.8. The predicted molar refractivity (Wildman–Crippen MR) is 107 cm³/mol. The summed E-state index contributed by atoms with van der Waals surface area (Å²) in [6.07, 6.45) is -4.64. The van der Waals surface area contributed by atoms with Crippen molar-refractivity contribution in [1.82, 2.24) is 5.43 Å². The van der Waals surface area contributed by atoms with Gasteiger partial charge in [-0.2, -0.15) is 18.3 Å². The van der Waals surface area contributed by atoms with E-state index >= 15 is 0 Å². The summed E-state index contributed by atoms with van der Waals surface area (Å²) in [6.45, 7) is 1.26. The number of nitrogens with one attached hydrogen (secondary N) is 2. The molecule has 2 aromatic carbocycles. The van der Waals surface area contributed by atoms with Crippen molar-refractivity contribution < 1.29 is 32.3 Å². The number of carbonyl (C=O) groups is 3. The van der Waals surface area contributed by atoms with E-state index in [1.54, 1.807) is 31.2 Å². The van der Waals surface area contributed by atoms with Crippen molar-refractivity contribution in [2.24, 2.45) is 10.8 Å². The van der Waals surface area contributed by atoms with Gasteiger partial charge in [0.15, 0.2) is 6.61 Å². The second kappa shape index (κ2) is 9.94. The predicted octanol–water partition coefficient (Wildman–Crippen LogP) is 2.70. The highest BCUT2D eigenvalue weighted by Gasteiger charge is 2.31. The molecule has 2 rings (SSSR count). The molecule has 3 amide bonds. The van der Waals surface area contributed by atoms with Gasteiger partial charge >= 0.3 is 18.0 Å². The molecule has 2 aromatic rings. The van der Waals surface area contributed by atoms with Crippen molar-refractivity contribution in [2.45, 2.75) is 13.1 Å². The number of primary amides is 1. The Bertz CT molecular complexity index is 1020. The number of anilines is 1. The highest BCUT2D eigenvalue weighted by molar-refractivity contribution is 6.41. The van der Waals surface area contributed by atoms with Crippen LogP contribution in [0, 0.1) is 0 Å². The van der Waals surface area contributed by atoms with E-state index in [-0.39, 0.29) is 17.3 Å². The molecule has 0 bridgehead atoms. The largest absolute Gasteiger partial charge is 0.484 e. The van der Waals surface area contributed by atoms with Crippen molar-refractivity contribution in [2.75, 3.05) is 11.9 Å². The highest BCUT2D eigenvalue weighted by Crippen LogP contribution is 2.33. The Hall–Kier alpha value is -3.60. The lowest BCUT2D eigenvalue weighted by molar-refractivity contribution is -0.137. The van der Waals surface area contributed by atoms with Gasteiger partial charge in [-0.05, 0) is 55.0 Å². The molecule has 0 saturated carbocycles. The van der Waals surface area contributed by atoms with Gasteiger partial charge in [0.1, 0.15) is 5.75 Å². The van der Waals surface area contributed by atoms with Gasteiger partial charge in [-0.25, -0.2) is 5.43 Å². The lowest BCUT2D eigenvalue weighted by Crippen LogP contribution is -2.33. The summed E-state index contributed by atoms with van der Waals surface area (Å²) in [5.41, 5.74) is 6.45. The number of ether oxygens (including phenoxy) is 1. The molecule has 0 saturated heterocycles. The van der Waals surface area contributed by atoms with Gasteiger partial charge in [-0.3, -0.25) is 14.4 Å². The highest BCUT2D eigenvalue weighted by atomic mass is 35.5. The van der Waals surface area contributed by atoms with Gasteiger partial charge in [-0.15, -0.1) is 0 Å². The van der Waals surface area contributed by atoms with Crippen molar-refractivity contribution in [1.29, 1.82) is 0 Å². The summed E-state index contributed by atoms with van der Waals surface area (Å²) in [5, 5.41) is 5.61. The zero-order valence-corrected chi connectivity index (χ0v) is 16.7. The van der Waals surface area contributed by atoms with Crippen LogP contribution in [-0.4, -0.2) is 30.0 Å². The Kier molecular flexibility index (Phi) is 7.59. The number of carbonyl (C=O) groups excluding carboxylic acids is 3. The van der Waals surface area contributed by atoms with Crippen LogP contribution in [0.15, 0.2) is 47.6 Å².